The third-order valence-electron chi connectivity index (χ3n) is 4.04. The van der Waals surface area contributed by atoms with E-state index < -0.39 is 5.41 Å². The van der Waals surface area contributed by atoms with E-state index in [2.05, 4.69) is 32.2 Å². The summed E-state index contributed by atoms with van der Waals surface area (Å²) in [5, 5.41) is 12.2. The van der Waals surface area contributed by atoms with Gasteiger partial charge in [-0.05, 0) is 24.7 Å². The maximum atomic E-state index is 12.2. The van der Waals surface area contributed by atoms with Crippen molar-refractivity contribution >= 4 is 5.91 Å². The summed E-state index contributed by atoms with van der Waals surface area (Å²) in [6.45, 7) is 11.0. The highest BCUT2D eigenvalue weighted by molar-refractivity contribution is 5.85. The van der Waals surface area contributed by atoms with E-state index in [-0.39, 0.29) is 11.3 Å². The summed E-state index contributed by atoms with van der Waals surface area (Å²) in [5.74, 6) is -0.108. The van der Waals surface area contributed by atoms with Crippen LogP contribution in [0.2, 0.25) is 0 Å². The van der Waals surface area contributed by atoms with Gasteiger partial charge >= 0.3 is 0 Å². The van der Waals surface area contributed by atoms with Crippen LogP contribution in [-0.2, 0) is 4.79 Å². The number of unbranched alkanes of at least 4 members (excludes halogenated alkanes) is 2. The molecule has 0 rings (SSSR count). The van der Waals surface area contributed by atoms with Crippen molar-refractivity contribution in [2.24, 2.45) is 10.8 Å². The monoisotopic (exact) mass is 266 g/mol. The van der Waals surface area contributed by atoms with Crippen molar-refractivity contribution in [3.8, 4) is 6.07 Å². The predicted octanol–water partition coefficient (Wildman–Crippen LogP) is 4.04. The van der Waals surface area contributed by atoms with E-state index in [0.29, 0.717) is 19.4 Å². The number of amides is 1. The molecule has 19 heavy (non-hydrogen) atoms. The first-order valence-corrected chi connectivity index (χ1v) is 7.57. The molecule has 0 unspecified atom stereocenters. The van der Waals surface area contributed by atoms with Gasteiger partial charge in [0.25, 0.3) is 0 Å². The second kappa shape index (κ2) is 8.19. The Kier molecular flexibility index (Phi) is 7.75. The number of nitriles is 1. The fourth-order valence-electron chi connectivity index (χ4n) is 2.21. The number of hydrogen-bond donors (Lipinski definition) is 1. The van der Waals surface area contributed by atoms with Crippen LogP contribution >= 0.6 is 0 Å². The van der Waals surface area contributed by atoms with Gasteiger partial charge < -0.3 is 5.32 Å². The molecule has 0 aromatic carbocycles. The number of carbonyl (C=O) groups is 1. The van der Waals surface area contributed by atoms with Crippen LogP contribution in [0.3, 0.4) is 0 Å². The van der Waals surface area contributed by atoms with E-state index in [1.54, 1.807) is 0 Å². The lowest BCUT2D eigenvalue weighted by Crippen LogP contribution is -2.43. The largest absolute Gasteiger partial charge is 0.354 e. The van der Waals surface area contributed by atoms with Gasteiger partial charge in [-0.2, -0.15) is 5.26 Å². The molecule has 0 heterocycles. The van der Waals surface area contributed by atoms with Crippen molar-refractivity contribution in [3.63, 3.8) is 0 Å². The van der Waals surface area contributed by atoms with E-state index in [9.17, 15) is 10.1 Å². The Bertz CT molecular complexity index is 311. The van der Waals surface area contributed by atoms with Crippen LogP contribution in [0.15, 0.2) is 0 Å². The molecule has 0 aromatic rings. The SMILES string of the molecule is CCCCCC(C)(C)CNC(=O)C(C#N)(CC)CC. The maximum absolute atomic E-state index is 12.2. The molecule has 0 aliphatic heterocycles. The van der Waals surface area contributed by atoms with Gasteiger partial charge in [-0.1, -0.05) is 53.9 Å². The van der Waals surface area contributed by atoms with Crippen molar-refractivity contribution in [2.75, 3.05) is 6.54 Å². The first kappa shape index (κ1) is 18.0. The van der Waals surface area contributed by atoms with Gasteiger partial charge in [0, 0.05) is 6.54 Å². The summed E-state index contributed by atoms with van der Waals surface area (Å²) < 4.78 is 0. The van der Waals surface area contributed by atoms with Crippen molar-refractivity contribution in [1.29, 1.82) is 5.26 Å². The fraction of sp³-hybridized carbons (Fsp3) is 0.875. The number of hydrogen-bond acceptors (Lipinski definition) is 2. The minimum absolute atomic E-state index is 0.105. The maximum Gasteiger partial charge on any atom is 0.240 e. The lowest BCUT2D eigenvalue weighted by atomic mass is 9.82. The summed E-state index contributed by atoms with van der Waals surface area (Å²) in [4.78, 5) is 12.2. The van der Waals surface area contributed by atoms with Crippen LogP contribution in [0, 0.1) is 22.2 Å². The predicted molar refractivity (Wildman–Crippen MR) is 79.6 cm³/mol. The third kappa shape index (κ3) is 5.63. The Balaban J connectivity index is 4.39. The first-order chi connectivity index (χ1) is 8.87. The molecule has 110 valence electrons. The van der Waals surface area contributed by atoms with Crippen LogP contribution < -0.4 is 5.32 Å². The molecule has 0 saturated heterocycles. The first-order valence-electron chi connectivity index (χ1n) is 7.57. The molecule has 0 aromatic heterocycles. The highest BCUT2D eigenvalue weighted by Crippen LogP contribution is 2.27. The second-order valence-corrected chi connectivity index (χ2v) is 6.21. The van der Waals surface area contributed by atoms with Gasteiger partial charge in [-0.15, -0.1) is 0 Å². The van der Waals surface area contributed by atoms with E-state index in [0.717, 1.165) is 6.42 Å². The molecule has 0 spiro atoms. The Hall–Kier alpha value is -1.04. The Morgan fingerprint density at radius 1 is 1.16 bits per heavy atom. The molecule has 1 N–H and O–H groups in total. The van der Waals surface area contributed by atoms with Crippen molar-refractivity contribution in [1.82, 2.24) is 5.32 Å². The smallest absolute Gasteiger partial charge is 0.240 e. The van der Waals surface area contributed by atoms with Gasteiger partial charge in [-0.25, -0.2) is 0 Å². The molecule has 0 saturated carbocycles. The Morgan fingerprint density at radius 2 is 1.74 bits per heavy atom. The topological polar surface area (TPSA) is 52.9 Å². The van der Waals surface area contributed by atoms with Crippen LogP contribution in [0.4, 0.5) is 0 Å². The number of nitrogens with one attached hydrogen (secondary N) is 1. The fourth-order valence-corrected chi connectivity index (χ4v) is 2.21. The summed E-state index contributed by atoms with van der Waals surface area (Å²) in [6, 6.07) is 2.19. The van der Waals surface area contributed by atoms with E-state index in [1.807, 2.05) is 13.8 Å². The molecule has 0 fully saturated rings. The third-order valence-corrected chi connectivity index (χ3v) is 4.04. The second-order valence-electron chi connectivity index (χ2n) is 6.21. The van der Waals surface area contributed by atoms with Gasteiger partial charge in [0.05, 0.1) is 6.07 Å². The Morgan fingerprint density at radius 3 is 2.16 bits per heavy atom. The molecule has 0 aliphatic carbocycles. The van der Waals surface area contributed by atoms with Crippen LogP contribution in [0.5, 0.6) is 0 Å². The lowest BCUT2D eigenvalue weighted by molar-refractivity contribution is -0.129. The molecule has 0 bridgehead atoms. The lowest BCUT2D eigenvalue weighted by Gasteiger charge is -2.28. The van der Waals surface area contributed by atoms with E-state index in [4.69, 9.17) is 0 Å². The van der Waals surface area contributed by atoms with Crippen molar-refractivity contribution in [3.05, 3.63) is 0 Å². The van der Waals surface area contributed by atoms with Gasteiger partial charge in [0.15, 0.2) is 0 Å². The summed E-state index contributed by atoms with van der Waals surface area (Å²) in [5.41, 5.74) is -0.743. The van der Waals surface area contributed by atoms with Gasteiger partial charge in [0.2, 0.25) is 5.91 Å². The average Bonchev–Trinajstić information content (AvgIpc) is 2.39. The molecule has 0 radical (unpaired) electrons. The minimum Gasteiger partial charge on any atom is -0.354 e. The van der Waals surface area contributed by atoms with Gasteiger partial charge in [-0.3, -0.25) is 4.79 Å². The van der Waals surface area contributed by atoms with Crippen LogP contribution in [0.1, 0.15) is 73.1 Å². The normalized spacial score (nSPS) is 12.0. The van der Waals surface area contributed by atoms with E-state index in [1.165, 1.54) is 19.3 Å². The standard InChI is InChI=1S/C16H30N2O/c1-6-9-10-11-15(4,5)13-18-14(19)16(7-2,8-3)12-17/h6-11,13H2,1-5H3,(H,18,19). The quantitative estimate of drug-likeness (QED) is 0.640. The summed E-state index contributed by atoms with van der Waals surface area (Å²) in [7, 11) is 0. The number of nitrogens with zero attached hydrogens (tertiary/aromatic N) is 1. The minimum atomic E-state index is -0.848. The molecule has 3 heteroatoms. The summed E-state index contributed by atoms with van der Waals surface area (Å²) >= 11 is 0. The number of rotatable bonds is 9. The zero-order chi connectivity index (χ0) is 14.9. The van der Waals surface area contributed by atoms with Gasteiger partial charge in [0.1, 0.15) is 5.41 Å². The van der Waals surface area contributed by atoms with Crippen LogP contribution in [0.25, 0.3) is 0 Å². The molecular weight excluding hydrogens is 236 g/mol. The molecule has 3 nitrogen and oxygen atoms in total. The van der Waals surface area contributed by atoms with E-state index >= 15 is 0 Å². The Labute approximate surface area is 118 Å². The highest BCUT2D eigenvalue weighted by Gasteiger charge is 2.35. The molecule has 1 amide bonds. The number of carbonyl (C=O) groups excluding carboxylic acids is 1. The van der Waals surface area contributed by atoms with Crippen molar-refractivity contribution in [2.45, 2.75) is 73.1 Å². The molecule has 0 aliphatic rings. The zero-order valence-electron chi connectivity index (χ0n) is 13.3. The highest BCUT2D eigenvalue weighted by atomic mass is 16.2. The van der Waals surface area contributed by atoms with Crippen molar-refractivity contribution < 1.29 is 4.79 Å². The molecule has 0 atom stereocenters. The zero-order valence-corrected chi connectivity index (χ0v) is 13.3. The summed E-state index contributed by atoms with van der Waals surface area (Å²) in [6.07, 6.45) is 5.91. The average molecular weight is 266 g/mol. The van der Waals surface area contributed by atoms with Crippen LogP contribution in [-0.4, -0.2) is 12.5 Å². The molecular formula is C16H30N2O.